The molecule has 2 fully saturated rings. The predicted molar refractivity (Wildman–Crippen MR) is 80.5 cm³/mol. The van der Waals surface area contributed by atoms with Crippen LogP contribution in [0.5, 0.6) is 0 Å². The minimum atomic E-state index is -0.519. The van der Waals surface area contributed by atoms with E-state index in [0.717, 1.165) is 12.0 Å². The molecular formula is C15H17FN2O2S. The molecule has 1 aromatic carbocycles. The molecule has 2 atom stereocenters. The Balaban J connectivity index is 1.80. The first kappa shape index (κ1) is 14.4. The van der Waals surface area contributed by atoms with Gasteiger partial charge in [0.1, 0.15) is 11.9 Å². The van der Waals surface area contributed by atoms with Gasteiger partial charge in [0.05, 0.1) is 10.6 Å². The van der Waals surface area contributed by atoms with E-state index in [1.807, 2.05) is 13.8 Å². The molecule has 2 unspecified atom stereocenters. The van der Waals surface area contributed by atoms with Gasteiger partial charge in [-0.15, -0.1) is 11.8 Å². The first-order valence-electron chi connectivity index (χ1n) is 6.94. The fourth-order valence-corrected chi connectivity index (χ4v) is 4.40. The Hall–Kier alpha value is -1.56. The lowest BCUT2D eigenvalue weighted by molar-refractivity contribution is -0.135. The van der Waals surface area contributed by atoms with Crippen LogP contribution in [0.4, 0.5) is 10.1 Å². The first-order valence-corrected chi connectivity index (χ1v) is 7.92. The van der Waals surface area contributed by atoms with Crippen LogP contribution in [0.3, 0.4) is 0 Å². The number of amides is 2. The molecular weight excluding hydrogens is 291 g/mol. The number of halogens is 1. The van der Waals surface area contributed by atoms with E-state index >= 15 is 0 Å². The maximum Gasteiger partial charge on any atom is 0.248 e. The molecule has 2 amide bonds. The van der Waals surface area contributed by atoms with E-state index in [2.05, 4.69) is 5.32 Å². The van der Waals surface area contributed by atoms with Crippen LogP contribution >= 0.6 is 11.8 Å². The third kappa shape index (κ3) is 2.41. The average molecular weight is 308 g/mol. The van der Waals surface area contributed by atoms with Crippen molar-refractivity contribution in [2.45, 2.75) is 37.6 Å². The Kier molecular flexibility index (Phi) is 3.43. The highest BCUT2D eigenvalue weighted by molar-refractivity contribution is 8.01. The van der Waals surface area contributed by atoms with Crippen LogP contribution < -0.4 is 5.32 Å². The highest BCUT2D eigenvalue weighted by Crippen LogP contribution is 2.47. The molecule has 112 valence electrons. The first-order chi connectivity index (χ1) is 9.90. The van der Waals surface area contributed by atoms with E-state index in [9.17, 15) is 14.0 Å². The van der Waals surface area contributed by atoms with Crippen LogP contribution in [0.2, 0.25) is 0 Å². The van der Waals surface area contributed by atoms with E-state index < -0.39 is 11.9 Å². The number of thioether (sulfide) groups is 1. The second kappa shape index (κ2) is 5.02. The number of nitrogens with one attached hydrogen (secondary N) is 1. The summed E-state index contributed by atoms with van der Waals surface area (Å²) in [5, 5.41) is 2.62. The zero-order valence-electron chi connectivity index (χ0n) is 12.0. The van der Waals surface area contributed by atoms with Gasteiger partial charge in [-0.3, -0.25) is 9.59 Å². The molecule has 6 heteroatoms. The number of carbonyl (C=O) groups is 2. The number of hydrogen-bond acceptors (Lipinski definition) is 3. The molecule has 1 aromatic rings. The number of carbonyl (C=O) groups excluding carboxylic acids is 2. The van der Waals surface area contributed by atoms with Crippen molar-refractivity contribution in [2.75, 3.05) is 11.1 Å². The van der Waals surface area contributed by atoms with Crippen molar-refractivity contribution >= 4 is 29.3 Å². The van der Waals surface area contributed by atoms with E-state index in [1.165, 1.54) is 6.07 Å². The Morgan fingerprint density at radius 2 is 2.29 bits per heavy atom. The number of rotatable bonds is 2. The summed E-state index contributed by atoms with van der Waals surface area (Å²) < 4.78 is 13.7. The molecule has 2 aliphatic rings. The summed E-state index contributed by atoms with van der Waals surface area (Å²) in [6.07, 6.45) is 1.24. The van der Waals surface area contributed by atoms with Gasteiger partial charge in [-0.2, -0.15) is 0 Å². The zero-order chi connectivity index (χ0) is 15.2. The largest absolute Gasteiger partial charge is 0.322 e. The van der Waals surface area contributed by atoms with Gasteiger partial charge in [0.2, 0.25) is 11.8 Å². The molecule has 0 aliphatic carbocycles. The zero-order valence-corrected chi connectivity index (χ0v) is 12.8. The van der Waals surface area contributed by atoms with Crippen molar-refractivity contribution in [1.29, 1.82) is 0 Å². The van der Waals surface area contributed by atoms with E-state index in [-0.39, 0.29) is 22.4 Å². The van der Waals surface area contributed by atoms with Gasteiger partial charge in [0, 0.05) is 12.2 Å². The standard InChI is InChI=1S/C15H17FN2O2S/c1-9-3-4-10(16)11(7-9)17-14(20)12-8-21-15(2)6-5-13(19)18(12)15/h3-4,7,12H,5-6,8H2,1-2H3,(H,17,20). The van der Waals surface area contributed by atoms with Crippen LogP contribution in [0.1, 0.15) is 25.3 Å². The molecule has 2 heterocycles. The second-order valence-corrected chi connectivity index (χ2v) is 7.24. The third-order valence-corrected chi connectivity index (χ3v) is 5.63. The van der Waals surface area contributed by atoms with Crippen molar-refractivity contribution in [3.63, 3.8) is 0 Å². The molecule has 2 saturated heterocycles. The smallest absolute Gasteiger partial charge is 0.248 e. The minimum absolute atomic E-state index is 0.00682. The number of anilines is 1. The summed E-state index contributed by atoms with van der Waals surface area (Å²) in [5.41, 5.74) is 1.04. The number of nitrogens with zero attached hydrogens (tertiary/aromatic N) is 1. The van der Waals surface area contributed by atoms with Crippen molar-refractivity contribution in [3.8, 4) is 0 Å². The fraction of sp³-hybridized carbons (Fsp3) is 0.467. The maximum atomic E-state index is 13.7. The molecule has 0 bridgehead atoms. The number of fused-ring (bicyclic) bond motifs is 1. The van der Waals surface area contributed by atoms with Gasteiger partial charge >= 0.3 is 0 Å². The van der Waals surface area contributed by atoms with Crippen LogP contribution in [0.25, 0.3) is 0 Å². The van der Waals surface area contributed by atoms with Crippen LogP contribution in [0, 0.1) is 12.7 Å². The summed E-state index contributed by atoms with van der Waals surface area (Å²) in [6, 6.07) is 4.06. The van der Waals surface area contributed by atoms with Gasteiger partial charge in [0.15, 0.2) is 0 Å². The quantitative estimate of drug-likeness (QED) is 0.913. The predicted octanol–water partition coefficient (Wildman–Crippen LogP) is 2.53. The van der Waals surface area contributed by atoms with Crippen LogP contribution in [0.15, 0.2) is 18.2 Å². The van der Waals surface area contributed by atoms with Crippen molar-refractivity contribution in [3.05, 3.63) is 29.6 Å². The average Bonchev–Trinajstić information content (AvgIpc) is 2.91. The third-order valence-electron chi connectivity index (χ3n) is 4.13. The lowest BCUT2D eigenvalue weighted by Gasteiger charge is -2.29. The molecule has 2 aliphatic heterocycles. The normalized spacial score (nSPS) is 27.9. The lowest BCUT2D eigenvalue weighted by atomic mass is 10.2. The summed E-state index contributed by atoms with van der Waals surface area (Å²) in [5.74, 6) is -0.213. The Bertz CT molecular complexity index is 622. The van der Waals surface area contributed by atoms with E-state index in [0.29, 0.717) is 12.2 Å². The van der Waals surface area contributed by atoms with E-state index in [4.69, 9.17) is 0 Å². The highest BCUT2D eigenvalue weighted by Gasteiger charge is 2.52. The molecule has 0 saturated carbocycles. The van der Waals surface area contributed by atoms with Gasteiger partial charge in [0.25, 0.3) is 0 Å². The Morgan fingerprint density at radius 1 is 1.52 bits per heavy atom. The fourth-order valence-electron chi connectivity index (χ4n) is 2.97. The second-order valence-electron chi connectivity index (χ2n) is 5.74. The van der Waals surface area contributed by atoms with Crippen molar-refractivity contribution in [1.82, 2.24) is 4.90 Å². The van der Waals surface area contributed by atoms with Gasteiger partial charge in [-0.1, -0.05) is 6.07 Å². The van der Waals surface area contributed by atoms with E-state index in [1.54, 1.807) is 28.8 Å². The molecule has 4 nitrogen and oxygen atoms in total. The van der Waals surface area contributed by atoms with Gasteiger partial charge < -0.3 is 10.2 Å². The van der Waals surface area contributed by atoms with Crippen LogP contribution in [-0.4, -0.2) is 33.4 Å². The number of hydrogen-bond donors (Lipinski definition) is 1. The van der Waals surface area contributed by atoms with Crippen LogP contribution in [-0.2, 0) is 9.59 Å². The molecule has 1 N–H and O–H groups in total. The summed E-state index contributed by atoms with van der Waals surface area (Å²) in [6.45, 7) is 3.82. The summed E-state index contributed by atoms with van der Waals surface area (Å²) >= 11 is 1.62. The lowest BCUT2D eigenvalue weighted by Crippen LogP contribution is -2.48. The van der Waals surface area contributed by atoms with Crippen molar-refractivity contribution < 1.29 is 14.0 Å². The molecule has 0 spiro atoms. The molecule has 21 heavy (non-hydrogen) atoms. The van der Waals surface area contributed by atoms with Crippen molar-refractivity contribution in [2.24, 2.45) is 0 Å². The van der Waals surface area contributed by atoms with Gasteiger partial charge in [-0.25, -0.2) is 4.39 Å². The molecule has 0 radical (unpaired) electrons. The number of aryl methyl sites for hydroxylation is 1. The number of benzene rings is 1. The molecule has 0 aromatic heterocycles. The Morgan fingerprint density at radius 3 is 3.05 bits per heavy atom. The van der Waals surface area contributed by atoms with Gasteiger partial charge in [-0.05, 0) is 38.0 Å². The summed E-state index contributed by atoms with van der Waals surface area (Å²) in [7, 11) is 0. The maximum absolute atomic E-state index is 13.7. The monoisotopic (exact) mass is 308 g/mol. The topological polar surface area (TPSA) is 49.4 Å². The Labute approximate surface area is 127 Å². The highest BCUT2D eigenvalue weighted by atomic mass is 32.2. The molecule has 3 rings (SSSR count). The SMILES string of the molecule is Cc1ccc(F)c(NC(=O)C2CSC3(C)CCC(=O)N23)c1. The summed E-state index contributed by atoms with van der Waals surface area (Å²) in [4.78, 5) is 25.8. The minimum Gasteiger partial charge on any atom is -0.322 e.